The summed E-state index contributed by atoms with van der Waals surface area (Å²) in [6.45, 7) is 0. The number of carboxylic acids is 1. The van der Waals surface area contributed by atoms with Crippen LogP contribution in [0, 0.1) is 4.91 Å². The molecule has 0 aliphatic rings. The van der Waals surface area contributed by atoms with Gasteiger partial charge in [0.05, 0.1) is 0 Å². The van der Waals surface area contributed by atoms with E-state index in [9.17, 15) is 27.3 Å². The SMILES string of the molecule is O=NC(F)(C(=O)O)C(F)(F)F. The second-order valence-corrected chi connectivity index (χ2v) is 1.52. The van der Waals surface area contributed by atoms with Gasteiger partial charge in [-0.15, -0.1) is 4.91 Å². The maximum absolute atomic E-state index is 11.9. The Morgan fingerprint density at radius 3 is 1.64 bits per heavy atom. The van der Waals surface area contributed by atoms with E-state index in [-0.39, 0.29) is 0 Å². The van der Waals surface area contributed by atoms with Crippen LogP contribution in [0.25, 0.3) is 0 Å². The summed E-state index contributed by atoms with van der Waals surface area (Å²) in [6, 6.07) is 0. The van der Waals surface area contributed by atoms with Gasteiger partial charge in [0.2, 0.25) is 0 Å². The summed E-state index contributed by atoms with van der Waals surface area (Å²) in [5.41, 5.74) is 0. The van der Waals surface area contributed by atoms with Crippen LogP contribution >= 0.6 is 0 Å². The smallest absolute Gasteiger partial charge is 0.459 e. The molecule has 0 amide bonds. The Balaban J connectivity index is 4.91. The van der Waals surface area contributed by atoms with E-state index in [1.54, 1.807) is 0 Å². The van der Waals surface area contributed by atoms with Crippen LogP contribution in [0.4, 0.5) is 17.6 Å². The van der Waals surface area contributed by atoms with E-state index in [4.69, 9.17) is 5.11 Å². The lowest BCUT2D eigenvalue weighted by Gasteiger charge is -2.14. The molecule has 0 fully saturated rings. The first-order chi connectivity index (χ1) is 4.75. The Morgan fingerprint density at radius 2 is 1.64 bits per heavy atom. The molecule has 0 aromatic heterocycles. The molecular formula is C3HF4NO3. The van der Waals surface area contributed by atoms with Crippen molar-refractivity contribution in [3.63, 3.8) is 0 Å². The third kappa shape index (κ3) is 1.44. The summed E-state index contributed by atoms with van der Waals surface area (Å²) in [5, 5.41) is 8.43. The number of nitrogens with zero attached hydrogens (tertiary/aromatic N) is 1. The predicted octanol–water partition coefficient (Wildman–Crippen LogP) is 1.07. The molecule has 11 heavy (non-hydrogen) atoms. The topological polar surface area (TPSA) is 66.7 Å². The number of carbonyl (C=O) groups is 1. The lowest BCUT2D eigenvalue weighted by atomic mass is 10.3. The Bertz CT molecular complexity index is 190. The number of carboxylic acid groups (broad SMARTS) is 1. The van der Waals surface area contributed by atoms with Crippen molar-refractivity contribution in [2.24, 2.45) is 5.18 Å². The summed E-state index contributed by atoms with van der Waals surface area (Å²) in [5.74, 6) is -8.01. The van der Waals surface area contributed by atoms with Crippen LogP contribution in [0.15, 0.2) is 5.18 Å². The molecule has 64 valence electrons. The van der Waals surface area contributed by atoms with Crippen LogP contribution in [0.1, 0.15) is 0 Å². The van der Waals surface area contributed by atoms with E-state index in [0.29, 0.717) is 0 Å². The van der Waals surface area contributed by atoms with Gasteiger partial charge in [0, 0.05) is 0 Å². The van der Waals surface area contributed by atoms with Gasteiger partial charge in [0.1, 0.15) is 0 Å². The molecular weight excluding hydrogens is 174 g/mol. The van der Waals surface area contributed by atoms with Gasteiger partial charge in [-0.1, -0.05) is 0 Å². The maximum Gasteiger partial charge on any atom is 0.459 e. The van der Waals surface area contributed by atoms with E-state index in [2.05, 4.69) is 0 Å². The van der Waals surface area contributed by atoms with Crippen LogP contribution in [-0.2, 0) is 4.79 Å². The number of hydrogen-bond acceptors (Lipinski definition) is 3. The second-order valence-electron chi connectivity index (χ2n) is 1.52. The van der Waals surface area contributed by atoms with Crippen LogP contribution in [0.3, 0.4) is 0 Å². The first-order valence-corrected chi connectivity index (χ1v) is 2.09. The number of alkyl halides is 4. The highest BCUT2D eigenvalue weighted by Crippen LogP contribution is 2.35. The first kappa shape index (κ1) is 9.79. The van der Waals surface area contributed by atoms with Gasteiger partial charge in [0.15, 0.2) is 0 Å². The minimum atomic E-state index is -5.82. The maximum atomic E-state index is 11.9. The first-order valence-electron chi connectivity index (χ1n) is 2.09. The minimum absolute atomic E-state index is 0.850. The number of rotatable bonds is 2. The zero-order valence-electron chi connectivity index (χ0n) is 4.72. The number of hydrogen-bond donors (Lipinski definition) is 1. The molecule has 0 spiro atoms. The van der Waals surface area contributed by atoms with Gasteiger partial charge in [-0.25, -0.2) is 4.79 Å². The van der Waals surface area contributed by atoms with Crippen molar-refractivity contribution in [1.82, 2.24) is 0 Å². The van der Waals surface area contributed by atoms with Gasteiger partial charge in [-0.3, -0.25) is 0 Å². The molecule has 1 unspecified atom stereocenters. The van der Waals surface area contributed by atoms with Gasteiger partial charge < -0.3 is 5.11 Å². The highest BCUT2D eigenvalue weighted by atomic mass is 19.4. The molecule has 0 bridgehead atoms. The summed E-state index contributed by atoms with van der Waals surface area (Å²) in [7, 11) is 0. The van der Waals surface area contributed by atoms with E-state index in [1.807, 2.05) is 0 Å². The average molecular weight is 175 g/mol. The van der Waals surface area contributed by atoms with Crippen molar-refractivity contribution in [1.29, 1.82) is 0 Å². The predicted molar refractivity (Wildman–Crippen MR) is 23.3 cm³/mol. The number of nitroso groups, excluding NO2 is 1. The monoisotopic (exact) mass is 175 g/mol. The summed E-state index contributed by atoms with van der Waals surface area (Å²) >= 11 is 0. The van der Waals surface area contributed by atoms with E-state index in [0.717, 1.165) is 5.18 Å². The standard InChI is InChI=1S/C3HF4NO3/c4-2(8-11,1(9)10)3(5,6)7/h(H,9,10). The molecule has 0 aliphatic carbocycles. The zero-order chi connectivity index (χ0) is 9.28. The molecule has 0 saturated heterocycles. The highest BCUT2D eigenvalue weighted by molar-refractivity contribution is 5.78. The fourth-order valence-corrected chi connectivity index (χ4v) is 0.212. The van der Waals surface area contributed by atoms with Crippen molar-refractivity contribution in [3.05, 3.63) is 4.91 Å². The largest absolute Gasteiger partial charge is 0.477 e. The fraction of sp³-hybridized carbons (Fsp3) is 0.667. The van der Waals surface area contributed by atoms with E-state index in [1.165, 1.54) is 0 Å². The molecule has 0 radical (unpaired) electrons. The third-order valence-corrected chi connectivity index (χ3v) is 0.785. The van der Waals surface area contributed by atoms with Crippen LogP contribution in [0.5, 0.6) is 0 Å². The zero-order valence-corrected chi connectivity index (χ0v) is 4.72. The lowest BCUT2D eigenvalue weighted by Crippen LogP contribution is -2.46. The molecule has 1 N–H and O–H groups in total. The van der Waals surface area contributed by atoms with Crippen molar-refractivity contribution in [2.45, 2.75) is 12.0 Å². The molecule has 1 atom stereocenters. The van der Waals surface area contributed by atoms with Crippen molar-refractivity contribution >= 4 is 5.97 Å². The molecule has 4 nitrogen and oxygen atoms in total. The van der Waals surface area contributed by atoms with Crippen LogP contribution in [0.2, 0.25) is 0 Å². The summed E-state index contributed by atoms with van der Waals surface area (Å²) < 4.78 is 45.9. The Labute approximate surface area is 56.8 Å². The molecule has 0 rings (SSSR count). The summed E-state index contributed by atoms with van der Waals surface area (Å²) in [4.78, 5) is 18.7. The lowest BCUT2D eigenvalue weighted by molar-refractivity contribution is -0.233. The molecule has 0 aliphatic heterocycles. The van der Waals surface area contributed by atoms with Crippen LogP contribution in [-0.4, -0.2) is 23.0 Å². The van der Waals surface area contributed by atoms with Gasteiger partial charge in [-0.2, -0.15) is 17.6 Å². The Hall–Kier alpha value is -1.21. The quantitative estimate of drug-likeness (QED) is 0.387. The highest BCUT2D eigenvalue weighted by Gasteiger charge is 2.65. The fourth-order valence-electron chi connectivity index (χ4n) is 0.212. The molecule has 0 heterocycles. The van der Waals surface area contributed by atoms with Crippen LogP contribution < -0.4 is 0 Å². The van der Waals surface area contributed by atoms with E-state index < -0.39 is 17.9 Å². The molecule has 0 aromatic carbocycles. The number of aliphatic carboxylic acids is 1. The van der Waals surface area contributed by atoms with Gasteiger partial charge >= 0.3 is 17.9 Å². The normalized spacial score (nSPS) is 17.1. The third-order valence-electron chi connectivity index (χ3n) is 0.785. The van der Waals surface area contributed by atoms with Crippen molar-refractivity contribution in [3.8, 4) is 0 Å². The Kier molecular flexibility index (Phi) is 2.17. The number of halogens is 4. The summed E-state index contributed by atoms with van der Waals surface area (Å²) in [6.07, 6.45) is -5.82. The molecule has 0 saturated carbocycles. The Morgan fingerprint density at radius 1 is 1.27 bits per heavy atom. The molecule has 0 aromatic rings. The minimum Gasteiger partial charge on any atom is -0.477 e. The van der Waals surface area contributed by atoms with Gasteiger partial charge in [-0.05, 0) is 5.18 Å². The van der Waals surface area contributed by atoms with E-state index >= 15 is 0 Å². The molecule has 8 heteroatoms. The van der Waals surface area contributed by atoms with Crippen molar-refractivity contribution < 1.29 is 27.5 Å². The second kappa shape index (κ2) is 2.44. The van der Waals surface area contributed by atoms with Gasteiger partial charge in [0.25, 0.3) is 0 Å². The average Bonchev–Trinajstić information content (AvgIpc) is 1.83. The van der Waals surface area contributed by atoms with Crippen molar-refractivity contribution in [2.75, 3.05) is 0 Å².